The van der Waals surface area contributed by atoms with Crippen LogP contribution >= 0.6 is 23.2 Å². The molecule has 0 saturated carbocycles. The standard InChI is InChI=1S/C35H36Cl2N2O6/c1-23-35(34(42)43-2)18-27(15-32(40)38-19-24-9-5-3-6-10-24)33(41)39(20-26-13-14-28(36)16-30(26)37)31(35)17-29(45-23)22-44-21-25-11-7-4-8-12-25/h3-14,16-17,23,27,29H,15,18-22H2,1-2H3,(H,38,40)/t23-,27+,29-,35+/m1/s1. The van der Waals surface area contributed by atoms with Gasteiger partial charge in [-0.15, -0.1) is 0 Å². The summed E-state index contributed by atoms with van der Waals surface area (Å²) in [6, 6.07) is 24.3. The van der Waals surface area contributed by atoms with Crippen molar-refractivity contribution in [3.8, 4) is 0 Å². The Balaban J connectivity index is 1.46. The molecule has 3 aromatic rings. The Morgan fingerprint density at radius 1 is 1.02 bits per heavy atom. The van der Waals surface area contributed by atoms with E-state index in [0.29, 0.717) is 34.5 Å². The number of halogens is 2. The van der Waals surface area contributed by atoms with Crippen LogP contribution in [0.2, 0.25) is 10.0 Å². The minimum absolute atomic E-state index is 0.0483. The molecule has 0 unspecified atom stereocenters. The highest BCUT2D eigenvalue weighted by Gasteiger charge is 2.59. The number of nitrogens with one attached hydrogen (secondary N) is 1. The lowest BCUT2D eigenvalue weighted by atomic mass is 9.66. The van der Waals surface area contributed by atoms with Crippen molar-refractivity contribution in [2.45, 2.75) is 51.7 Å². The topological polar surface area (TPSA) is 94.2 Å². The van der Waals surface area contributed by atoms with Crippen molar-refractivity contribution < 1.29 is 28.6 Å². The fraction of sp³-hybridized carbons (Fsp3) is 0.343. The van der Waals surface area contributed by atoms with Gasteiger partial charge in [0.05, 0.1) is 33.0 Å². The Morgan fingerprint density at radius 2 is 1.71 bits per heavy atom. The number of benzene rings is 3. The van der Waals surface area contributed by atoms with E-state index in [1.165, 1.54) is 7.11 Å². The molecule has 236 valence electrons. The third-order valence-corrected chi connectivity index (χ3v) is 8.99. The predicted molar refractivity (Wildman–Crippen MR) is 171 cm³/mol. The van der Waals surface area contributed by atoms with Gasteiger partial charge in [0.2, 0.25) is 11.8 Å². The van der Waals surface area contributed by atoms with Gasteiger partial charge >= 0.3 is 5.97 Å². The monoisotopic (exact) mass is 650 g/mol. The van der Waals surface area contributed by atoms with Crippen LogP contribution in [-0.4, -0.2) is 48.6 Å². The molecule has 4 atom stereocenters. The second-order valence-corrected chi connectivity index (χ2v) is 12.2. The molecule has 0 spiro atoms. The Morgan fingerprint density at radius 3 is 2.38 bits per heavy atom. The Bertz CT molecular complexity index is 1550. The molecule has 0 aliphatic carbocycles. The van der Waals surface area contributed by atoms with Gasteiger partial charge in [-0.25, -0.2) is 0 Å². The zero-order valence-corrected chi connectivity index (χ0v) is 26.7. The van der Waals surface area contributed by atoms with E-state index in [9.17, 15) is 14.4 Å². The van der Waals surface area contributed by atoms with Crippen LogP contribution in [0.5, 0.6) is 0 Å². The third kappa shape index (κ3) is 7.42. The fourth-order valence-electron chi connectivity index (χ4n) is 6.09. The molecule has 2 amide bonds. The van der Waals surface area contributed by atoms with E-state index in [1.54, 1.807) is 36.1 Å². The van der Waals surface area contributed by atoms with Crippen molar-refractivity contribution >= 4 is 41.0 Å². The van der Waals surface area contributed by atoms with Crippen molar-refractivity contribution in [2.24, 2.45) is 11.3 Å². The van der Waals surface area contributed by atoms with E-state index < -0.39 is 29.5 Å². The van der Waals surface area contributed by atoms with Gasteiger partial charge in [0, 0.05) is 34.6 Å². The minimum atomic E-state index is -1.35. The summed E-state index contributed by atoms with van der Waals surface area (Å²) in [5, 5.41) is 3.74. The largest absolute Gasteiger partial charge is 0.468 e. The summed E-state index contributed by atoms with van der Waals surface area (Å²) < 4.78 is 17.7. The molecule has 3 aromatic carbocycles. The highest BCUT2D eigenvalue weighted by Crippen LogP contribution is 2.51. The highest BCUT2D eigenvalue weighted by atomic mass is 35.5. The molecule has 10 heteroatoms. The molecular formula is C35H36Cl2N2O6. The minimum Gasteiger partial charge on any atom is -0.468 e. The molecule has 0 radical (unpaired) electrons. The van der Waals surface area contributed by atoms with Gasteiger partial charge < -0.3 is 24.4 Å². The number of methoxy groups -OCH3 is 1. The van der Waals surface area contributed by atoms with Crippen molar-refractivity contribution in [1.82, 2.24) is 10.2 Å². The molecule has 0 aromatic heterocycles. The lowest BCUT2D eigenvalue weighted by Gasteiger charge is -2.51. The summed E-state index contributed by atoms with van der Waals surface area (Å²) in [7, 11) is 1.31. The third-order valence-electron chi connectivity index (χ3n) is 8.40. The Kier molecular flexibility index (Phi) is 10.6. The van der Waals surface area contributed by atoms with Gasteiger partial charge in [-0.1, -0.05) is 89.9 Å². The molecule has 2 aliphatic rings. The fourth-order valence-corrected chi connectivity index (χ4v) is 6.56. The number of likely N-dealkylation sites (tertiary alicyclic amines) is 1. The van der Waals surface area contributed by atoms with E-state index in [4.69, 9.17) is 37.4 Å². The zero-order chi connectivity index (χ0) is 32.0. The second-order valence-electron chi connectivity index (χ2n) is 11.4. The van der Waals surface area contributed by atoms with E-state index in [-0.39, 0.29) is 37.8 Å². The van der Waals surface area contributed by atoms with Crippen molar-refractivity contribution in [3.05, 3.63) is 117 Å². The molecule has 0 bridgehead atoms. The molecule has 45 heavy (non-hydrogen) atoms. The number of amides is 2. The van der Waals surface area contributed by atoms with Crippen molar-refractivity contribution in [1.29, 1.82) is 0 Å². The first kappa shape index (κ1) is 32.7. The summed E-state index contributed by atoms with van der Waals surface area (Å²) in [4.78, 5) is 42.7. The Hall–Kier alpha value is -3.69. The van der Waals surface area contributed by atoms with Gasteiger partial charge in [0.15, 0.2) is 0 Å². The molecule has 1 saturated heterocycles. The Labute approximate surface area is 273 Å². The van der Waals surface area contributed by atoms with Crippen LogP contribution in [0.25, 0.3) is 0 Å². The number of carbonyl (C=O) groups excluding carboxylic acids is 3. The van der Waals surface area contributed by atoms with Crippen molar-refractivity contribution in [2.75, 3.05) is 13.7 Å². The lowest BCUT2D eigenvalue weighted by Crippen LogP contribution is -2.60. The van der Waals surface area contributed by atoms with Crippen LogP contribution in [0.3, 0.4) is 0 Å². The van der Waals surface area contributed by atoms with Crippen LogP contribution in [0, 0.1) is 11.3 Å². The van der Waals surface area contributed by atoms with Gasteiger partial charge in [-0.05, 0) is 48.2 Å². The van der Waals surface area contributed by atoms with E-state index in [2.05, 4.69) is 5.32 Å². The van der Waals surface area contributed by atoms with Crippen LogP contribution in [0.4, 0.5) is 0 Å². The highest BCUT2D eigenvalue weighted by molar-refractivity contribution is 6.35. The van der Waals surface area contributed by atoms with Crippen LogP contribution in [0.15, 0.2) is 90.6 Å². The summed E-state index contributed by atoms with van der Waals surface area (Å²) in [6.45, 7) is 2.76. The molecule has 8 nitrogen and oxygen atoms in total. The maximum Gasteiger partial charge on any atom is 0.320 e. The molecule has 1 fully saturated rings. The summed E-state index contributed by atoms with van der Waals surface area (Å²) in [6.07, 6.45) is 0.473. The number of ether oxygens (including phenoxy) is 3. The predicted octanol–water partition coefficient (Wildman–Crippen LogP) is 6.10. The van der Waals surface area contributed by atoms with Gasteiger partial charge in [0.1, 0.15) is 11.5 Å². The van der Waals surface area contributed by atoms with Crippen LogP contribution in [0.1, 0.15) is 36.5 Å². The zero-order valence-electron chi connectivity index (χ0n) is 25.2. The average Bonchev–Trinajstić information content (AvgIpc) is 3.04. The SMILES string of the molecule is COC(=O)[C@]12C[C@H](CC(=O)NCc3ccccc3)C(=O)N(Cc3ccc(Cl)cc3Cl)C1=C[C@H](COCc1ccccc1)O[C@@H]2C. The van der Waals surface area contributed by atoms with E-state index in [0.717, 1.165) is 11.1 Å². The van der Waals surface area contributed by atoms with Gasteiger partial charge in [-0.3, -0.25) is 14.4 Å². The molecule has 1 N–H and O–H groups in total. The summed E-state index contributed by atoms with van der Waals surface area (Å²) in [5.41, 5.74) is 1.70. The maximum atomic E-state index is 14.3. The number of piperidine rings is 1. The van der Waals surface area contributed by atoms with Crippen LogP contribution < -0.4 is 5.32 Å². The molecular weight excluding hydrogens is 615 g/mol. The number of nitrogens with zero attached hydrogens (tertiary/aromatic N) is 1. The lowest BCUT2D eigenvalue weighted by molar-refractivity contribution is -0.178. The number of esters is 1. The number of rotatable bonds is 11. The number of fused-ring (bicyclic) bond motifs is 1. The van der Waals surface area contributed by atoms with Gasteiger partial charge in [0.25, 0.3) is 0 Å². The normalized spacial score (nSPS) is 22.8. The van der Waals surface area contributed by atoms with Gasteiger partial charge in [-0.2, -0.15) is 0 Å². The summed E-state index contributed by atoms with van der Waals surface area (Å²) in [5.74, 6) is -1.95. The summed E-state index contributed by atoms with van der Waals surface area (Å²) >= 11 is 12.7. The quantitative estimate of drug-likeness (QED) is 0.252. The van der Waals surface area contributed by atoms with E-state index >= 15 is 0 Å². The molecule has 5 rings (SSSR count). The van der Waals surface area contributed by atoms with Crippen molar-refractivity contribution in [3.63, 3.8) is 0 Å². The maximum absolute atomic E-state index is 14.3. The van der Waals surface area contributed by atoms with E-state index in [1.807, 2.05) is 60.7 Å². The number of hydrogen-bond donors (Lipinski definition) is 1. The molecule has 2 aliphatic heterocycles. The van der Waals surface area contributed by atoms with Crippen LogP contribution in [-0.2, 0) is 48.3 Å². The first-order chi connectivity index (χ1) is 21.7. The first-order valence-electron chi connectivity index (χ1n) is 14.8. The smallest absolute Gasteiger partial charge is 0.320 e. The number of carbonyl (C=O) groups is 3. The first-order valence-corrected chi connectivity index (χ1v) is 15.6. The number of hydrogen-bond acceptors (Lipinski definition) is 6. The average molecular weight is 652 g/mol. The second kappa shape index (κ2) is 14.6. The molecule has 2 heterocycles.